The molecule has 2 aliphatic rings. The van der Waals surface area contributed by atoms with E-state index >= 15 is 0 Å². The lowest BCUT2D eigenvalue weighted by Gasteiger charge is -2.33. The van der Waals surface area contributed by atoms with Crippen LogP contribution in [0.1, 0.15) is 67.4 Å². The number of nitrogens with two attached hydrogens (primary N) is 1. The highest BCUT2D eigenvalue weighted by atomic mass is 35.5. The first kappa shape index (κ1) is 18.2. The molecule has 2 aromatic rings. The zero-order valence-electron chi connectivity index (χ0n) is 15.0. The van der Waals surface area contributed by atoms with Crippen LogP contribution in [0.4, 0.5) is 0 Å². The molecule has 2 saturated carbocycles. The highest BCUT2D eigenvalue weighted by Gasteiger charge is 2.33. The van der Waals surface area contributed by atoms with Crippen LogP contribution in [-0.2, 0) is 10.2 Å². The van der Waals surface area contributed by atoms with Crippen LogP contribution in [0.5, 0.6) is 0 Å². The number of halogens is 1. The SMILES string of the molecule is Cc1cc(Cl)n2nc(C3CC3)nc(C3CCC(N(C)S(N)(=O)=O)CC3)c12. The van der Waals surface area contributed by atoms with Crippen molar-refractivity contribution >= 4 is 27.3 Å². The Hall–Kier alpha value is -1.22. The monoisotopic (exact) mass is 397 g/mol. The smallest absolute Gasteiger partial charge is 0.233 e. The summed E-state index contributed by atoms with van der Waals surface area (Å²) in [5.74, 6) is 1.61. The summed E-state index contributed by atoms with van der Waals surface area (Å²) >= 11 is 6.39. The van der Waals surface area contributed by atoms with Gasteiger partial charge in [0.05, 0.1) is 11.2 Å². The predicted molar refractivity (Wildman–Crippen MR) is 101 cm³/mol. The topological polar surface area (TPSA) is 93.6 Å². The van der Waals surface area contributed by atoms with Crippen LogP contribution in [0.2, 0.25) is 5.15 Å². The van der Waals surface area contributed by atoms with Gasteiger partial charge in [-0.25, -0.2) is 14.6 Å². The molecule has 0 aliphatic heterocycles. The minimum Gasteiger partial charge on any atom is -0.233 e. The van der Waals surface area contributed by atoms with E-state index in [4.69, 9.17) is 21.7 Å². The van der Waals surface area contributed by atoms with Gasteiger partial charge in [0.25, 0.3) is 10.2 Å². The van der Waals surface area contributed by atoms with E-state index in [1.165, 1.54) is 4.31 Å². The number of fused-ring (bicyclic) bond motifs is 1. The minimum absolute atomic E-state index is 0.0431. The number of hydrogen-bond acceptors (Lipinski definition) is 4. The van der Waals surface area contributed by atoms with Crippen molar-refractivity contribution in [3.05, 3.63) is 28.3 Å². The fourth-order valence-electron chi connectivity index (χ4n) is 4.01. The van der Waals surface area contributed by atoms with E-state index in [2.05, 4.69) is 5.10 Å². The maximum Gasteiger partial charge on any atom is 0.276 e. The molecule has 0 saturated heterocycles. The molecule has 0 unspecified atom stereocenters. The summed E-state index contributed by atoms with van der Waals surface area (Å²) < 4.78 is 26.3. The lowest BCUT2D eigenvalue weighted by atomic mass is 9.83. The van der Waals surface area contributed by atoms with E-state index in [9.17, 15) is 8.42 Å². The van der Waals surface area contributed by atoms with Crippen LogP contribution in [0.25, 0.3) is 5.52 Å². The van der Waals surface area contributed by atoms with Gasteiger partial charge < -0.3 is 0 Å². The summed E-state index contributed by atoms with van der Waals surface area (Å²) in [6, 6.07) is 1.89. The fraction of sp³-hybridized carbons (Fsp3) is 0.647. The Morgan fingerprint density at radius 2 is 1.81 bits per heavy atom. The summed E-state index contributed by atoms with van der Waals surface area (Å²) in [6.07, 6.45) is 5.58. The van der Waals surface area contributed by atoms with E-state index in [1.54, 1.807) is 7.05 Å². The third-order valence-electron chi connectivity index (χ3n) is 5.74. The lowest BCUT2D eigenvalue weighted by Crippen LogP contribution is -2.42. The molecule has 0 bridgehead atoms. The number of aryl methyl sites for hydroxylation is 1. The molecule has 2 aliphatic carbocycles. The molecule has 0 amide bonds. The maximum atomic E-state index is 11.6. The maximum absolute atomic E-state index is 11.6. The van der Waals surface area contributed by atoms with E-state index < -0.39 is 10.2 Å². The average Bonchev–Trinajstić information content (AvgIpc) is 3.40. The predicted octanol–water partition coefficient (Wildman–Crippen LogP) is 2.73. The summed E-state index contributed by atoms with van der Waals surface area (Å²) in [5.41, 5.74) is 3.14. The van der Waals surface area contributed by atoms with E-state index in [0.29, 0.717) is 11.1 Å². The number of rotatable bonds is 4. The average molecular weight is 398 g/mol. The van der Waals surface area contributed by atoms with Crippen LogP contribution in [-0.4, -0.2) is 40.4 Å². The first-order chi connectivity index (χ1) is 12.3. The zero-order valence-corrected chi connectivity index (χ0v) is 16.6. The molecular weight excluding hydrogens is 374 g/mol. The van der Waals surface area contributed by atoms with Crippen molar-refractivity contribution in [2.45, 2.75) is 63.3 Å². The third kappa shape index (κ3) is 3.24. The van der Waals surface area contributed by atoms with E-state index in [-0.39, 0.29) is 12.0 Å². The third-order valence-corrected chi connectivity index (χ3v) is 7.12. The molecular formula is C17H24ClN5O2S. The number of hydrogen-bond donors (Lipinski definition) is 1. The summed E-state index contributed by atoms with van der Waals surface area (Å²) in [5, 5.41) is 10.5. The van der Waals surface area contributed by atoms with Gasteiger partial charge in [0.1, 0.15) is 5.15 Å². The van der Waals surface area contributed by atoms with Crippen LogP contribution in [0.3, 0.4) is 0 Å². The Labute approximate surface area is 158 Å². The molecule has 2 heterocycles. The van der Waals surface area contributed by atoms with Crippen LogP contribution in [0, 0.1) is 6.92 Å². The summed E-state index contributed by atoms with van der Waals surface area (Å²) in [4.78, 5) is 4.93. The Balaban J connectivity index is 1.65. The van der Waals surface area contributed by atoms with Crippen molar-refractivity contribution in [1.82, 2.24) is 18.9 Å². The lowest BCUT2D eigenvalue weighted by molar-refractivity contribution is 0.266. The Morgan fingerprint density at radius 1 is 1.19 bits per heavy atom. The van der Waals surface area contributed by atoms with Gasteiger partial charge >= 0.3 is 0 Å². The van der Waals surface area contributed by atoms with E-state index in [1.807, 2.05) is 17.5 Å². The van der Waals surface area contributed by atoms with Crippen LogP contribution < -0.4 is 5.14 Å². The summed E-state index contributed by atoms with van der Waals surface area (Å²) in [7, 11) is -2.09. The largest absolute Gasteiger partial charge is 0.276 e. The van der Waals surface area contributed by atoms with Crippen molar-refractivity contribution in [2.75, 3.05) is 7.05 Å². The van der Waals surface area contributed by atoms with Crippen molar-refractivity contribution in [1.29, 1.82) is 0 Å². The van der Waals surface area contributed by atoms with E-state index in [0.717, 1.165) is 61.1 Å². The molecule has 0 atom stereocenters. The molecule has 0 radical (unpaired) electrons. The van der Waals surface area contributed by atoms with Crippen LogP contribution in [0.15, 0.2) is 6.07 Å². The minimum atomic E-state index is -3.65. The van der Waals surface area contributed by atoms with Gasteiger partial charge in [-0.3, -0.25) is 0 Å². The molecule has 142 valence electrons. The van der Waals surface area contributed by atoms with Crippen molar-refractivity contribution < 1.29 is 8.42 Å². The second kappa shape index (κ2) is 6.44. The number of nitrogens with zero attached hydrogens (tertiary/aromatic N) is 4. The zero-order chi connectivity index (χ0) is 18.6. The quantitative estimate of drug-likeness (QED) is 0.858. The first-order valence-electron chi connectivity index (χ1n) is 9.07. The Bertz CT molecular complexity index is 946. The normalized spacial score (nSPS) is 24.5. The first-order valence-corrected chi connectivity index (χ1v) is 10.9. The second-order valence-corrected chi connectivity index (χ2v) is 9.60. The van der Waals surface area contributed by atoms with Gasteiger partial charge in [0.15, 0.2) is 5.82 Å². The molecule has 9 heteroatoms. The van der Waals surface area contributed by atoms with Gasteiger partial charge in [0.2, 0.25) is 0 Å². The van der Waals surface area contributed by atoms with Gasteiger partial charge in [-0.2, -0.15) is 17.8 Å². The van der Waals surface area contributed by atoms with Crippen molar-refractivity contribution in [2.24, 2.45) is 5.14 Å². The fourth-order valence-corrected chi connectivity index (χ4v) is 4.92. The van der Waals surface area contributed by atoms with Gasteiger partial charge in [-0.15, -0.1) is 0 Å². The molecule has 26 heavy (non-hydrogen) atoms. The molecule has 4 rings (SSSR count). The molecule has 2 fully saturated rings. The van der Waals surface area contributed by atoms with Gasteiger partial charge in [-0.05, 0) is 57.1 Å². The number of aromatic nitrogens is 3. The molecule has 2 aromatic heterocycles. The van der Waals surface area contributed by atoms with Crippen LogP contribution >= 0.6 is 11.6 Å². The molecule has 7 nitrogen and oxygen atoms in total. The second-order valence-electron chi connectivity index (χ2n) is 7.61. The highest BCUT2D eigenvalue weighted by molar-refractivity contribution is 7.86. The molecule has 0 aromatic carbocycles. The van der Waals surface area contributed by atoms with Crippen molar-refractivity contribution in [3.8, 4) is 0 Å². The molecule has 0 spiro atoms. The Morgan fingerprint density at radius 3 is 2.38 bits per heavy atom. The standard InChI is InChI=1S/C17H24ClN5O2S/c1-10-9-14(18)23-16(10)15(20-17(21-23)12-3-4-12)11-5-7-13(8-6-11)22(2)26(19,24)25/h9,11-13H,3-8H2,1-2H3,(H2,19,24,25). The Kier molecular flexibility index (Phi) is 4.50. The van der Waals surface area contributed by atoms with Gasteiger partial charge in [0, 0.05) is 24.9 Å². The summed E-state index contributed by atoms with van der Waals surface area (Å²) in [6.45, 7) is 2.03. The van der Waals surface area contributed by atoms with Crippen molar-refractivity contribution in [3.63, 3.8) is 0 Å². The highest BCUT2D eigenvalue weighted by Crippen LogP contribution is 2.41. The molecule has 2 N–H and O–H groups in total. The van der Waals surface area contributed by atoms with Gasteiger partial charge in [-0.1, -0.05) is 11.6 Å².